The second-order valence-corrected chi connectivity index (χ2v) is 4.36. The fraction of sp³-hybridized carbons (Fsp3) is 0.154. The number of H-pyrrole nitrogens is 1. The zero-order valence-electron chi connectivity index (χ0n) is 10.1. The Morgan fingerprint density at radius 2 is 2.21 bits per heavy atom. The van der Waals surface area contributed by atoms with Crippen LogP contribution >= 0.6 is 12.2 Å². The van der Waals surface area contributed by atoms with Crippen molar-refractivity contribution in [1.82, 2.24) is 9.97 Å². The summed E-state index contributed by atoms with van der Waals surface area (Å²) < 4.78 is 27.1. The minimum atomic E-state index is -3.23. The number of hydrogen-bond donors (Lipinski definition) is 1. The van der Waals surface area contributed by atoms with Crippen LogP contribution in [0.25, 0.3) is 12.2 Å². The van der Waals surface area contributed by atoms with Gasteiger partial charge in [-0.05, 0) is 11.4 Å². The van der Waals surface area contributed by atoms with Gasteiger partial charge in [-0.15, -0.1) is 12.2 Å². The molecule has 1 N–H and O–H groups in total. The van der Waals surface area contributed by atoms with Crippen molar-refractivity contribution in [3.8, 4) is 0 Å². The Balaban J connectivity index is 0.00000180. The molecule has 2 nitrogen and oxygen atoms in total. The number of halogens is 2. The second-order valence-electron chi connectivity index (χ2n) is 3.95. The molecule has 0 radical (unpaired) electrons. The van der Waals surface area contributed by atoms with Crippen molar-refractivity contribution in [2.24, 2.45) is 0 Å². The van der Waals surface area contributed by atoms with E-state index in [4.69, 9.17) is 12.2 Å². The summed E-state index contributed by atoms with van der Waals surface area (Å²) >= 11 is 4.93. The summed E-state index contributed by atoms with van der Waals surface area (Å²) in [5.74, 6) is -2.24. The monoisotopic (exact) mass is 449 g/mol. The molecule has 1 aromatic heterocycles. The summed E-state index contributed by atoms with van der Waals surface area (Å²) in [5, 5.41) is 1.07. The van der Waals surface area contributed by atoms with E-state index in [2.05, 4.69) is 16.5 Å². The van der Waals surface area contributed by atoms with Crippen molar-refractivity contribution >= 4 is 24.4 Å². The molecule has 0 unspecified atom stereocenters. The summed E-state index contributed by atoms with van der Waals surface area (Å²) in [4.78, 5) is 6.73. The van der Waals surface area contributed by atoms with Gasteiger partial charge >= 0.3 is 5.92 Å². The predicted molar refractivity (Wildman–Crippen MR) is 69.7 cm³/mol. The molecule has 0 bridgehead atoms. The fourth-order valence-corrected chi connectivity index (χ4v) is 1.90. The summed E-state index contributed by atoms with van der Waals surface area (Å²) in [7, 11) is 0. The Bertz CT molecular complexity index is 692. The van der Waals surface area contributed by atoms with Gasteiger partial charge in [0.05, 0.1) is 0 Å². The molecule has 2 rings (SSSR count). The summed E-state index contributed by atoms with van der Waals surface area (Å²) in [6.45, 7) is 5.01. The maximum absolute atomic E-state index is 13.6. The molecule has 100 valence electrons. The molecule has 0 amide bonds. The molecular formula is C13H11F2N2SW-. The van der Waals surface area contributed by atoms with Crippen LogP contribution in [0.1, 0.15) is 12.6 Å². The van der Waals surface area contributed by atoms with Gasteiger partial charge in [-0.2, -0.15) is 26.9 Å². The largest absolute Gasteiger partial charge is 0.395 e. The maximum atomic E-state index is 13.6. The van der Waals surface area contributed by atoms with Crippen LogP contribution in [0.5, 0.6) is 0 Å². The third-order valence-corrected chi connectivity index (χ3v) is 2.82. The molecule has 0 aliphatic heterocycles. The molecule has 19 heavy (non-hydrogen) atoms. The minimum absolute atomic E-state index is 0. The normalized spacial score (nSPS) is 13.5. The van der Waals surface area contributed by atoms with Crippen LogP contribution in [-0.2, 0) is 27.0 Å². The molecule has 0 spiro atoms. The quantitative estimate of drug-likeness (QED) is 0.426. The molecule has 0 saturated carbocycles. The molecule has 0 saturated heterocycles. The predicted octanol–water partition coefficient (Wildman–Crippen LogP) is 2.14. The SMILES string of the molecule is C=CC(F)(F)c1nc2c([nH]c1=S)=C[C-](C)C=CC=2.[W]. The van der Waals surface area contributed by atoms with Gasteiger partial charge in [-0.3, -0.25) is 4.98 Å². The van der Waals surface area contributed by atoms with E-state index in [1.807, 2.05) is 19.1 Å². The Labute approximate surface area is 128 Å². The van der Waals surface area contributed by atoms with Crippen molar-refractivity contribution in [3.05, 3.63) is 51.8 Å². The number of fused-ring (bicyclic) bond motifs is 1. The third kappa shape index (κ3) is 3.28. The summed E-state index contributed by atoms with van der Waals surface area (Å²) in [6.07, 6.45) is 7.64. The van der Waals surface area contributed by atoms with Gasteiger partial charge < -0.3 is 4.98 Å². The van der Waals surface area contributed by atoms with Crippen molar-refractivity contribution < 1.29 is 29.8 Å². The molecule has 1 aromatic rings. The van der Waals surface area contributed by atoms with Crippen LogP contribution in [0.4, 0.5) is 8.78 Å². The first-order valence-corrected chi connectivity index (χ1v) is 5.71. The van der Waals surface area contributed by atoms with E-state index in [-0.39, 0.29) is 25.7 Å². The first-order chi connectivity index (χ1) is 8.44. The average Bonchev–Trinajstić information content (AvgIpc) is 2.48. The van der Waals surface area contributed by atoms with Gasteiger partial charge in [0.25, 0.3) is 0 Å². The number of aromatic amines is 1. The zero-order valence-corrected chi connectivity index (χ0v) is 13.9. The molecule has 6 heteroatoms. The van der Waals surface area contributed by atoms with Crippen molar-refractivity contribution in [2.45, 2.75) is 12.8 Å². The van der Waals surface area contributed by atoms with E-state index in [1.165, 1.54) is 0 Å². The minimum Gasteiger partial charge on any atom is -0.395 e. The standard InChI is InChI=1S/C13H11F2N2S.W/c1-3-13(14,15)11-12(18)17-10-7-8(2)5-4-6-9(10)16-11;/h3-7H,1H2,2H3,(H,17,18);/q-1;. The molecular weight excluding hydrogens is 438 g/mol. The Morgan fingerprint density at radius 1 is 1.53 bits per heavy atom. The second kappa shape index (κ2) is 5.93. The molecule has 0 fully saturated rings. The van der Waals surface area contributed by atoms with Gasteiger partial charge in [0.2, 0.25) is 0 Å². The fourth-order valence-electron chi connectivity index (χ4n) is 1.60. The van der Waals surface area contributed by atoms with E-state index in [0.29, 0.717) is 16.8 Å². The third-order valence-electron chi connectivity index (χ3n) is 2.53. The Morgan fingerprint density at radius 3 is 2.84 bits per heavy atom. The molecule has 0 aromatic carbocycles. The number of hydrogen-bond acceptors (Lipinski definition) is 2. The van der Waals surface area contributed by atoms with E-state index in [0.717, 1.165) is 5.92 Å². The van der Waals surface area contributed by atoms with Crippen molar-refractivity contribution in [2.75, 3.05) is 0 Å². The Hall–Kier alpha value is -1.06. The number of nitrogens with one attached hydrogen (secondary N) is 1. The number of alkyl halides is 2. The van der Waals surface area contributed by atoms with Gasteiger partial charge in [0.15, 0.2) is 0 Å². The van der Waals surface area contributed by atoms with E-state index in [1.54, 1.807) is 12.2 Å². The summed E-state index contributed by atoms with van der Waals surface area (Å²) in [6, 6.07) is 0. The molecule has 1 aliphatic rings. The van der Waals surface area contributed by atoms with Gasteiger partial charge in [-0.1, -0.05) is 25.7 Å². The van der Waals surface area contributed by atoms with Gasteiger partial charge in [-0.25, -0.2) is 0 Å². The van der Waals surface area contributed by atoms with Crippen LogP contribution in [0.3, 0.4) is 0 Å². The summed E-state index contributed by atoms with van der Waals surface area (Å²) in [5.41, 5.74) is -0.469. The maximum Gasteiger partial charge on any atom is 0.310 e. The number of rotatable bonds is 2. The topological polar surface area (TPSA) is 28.7 Å². The number of allylic oxidation sites excluding steroid dienone is 3. The number of nitrogens with zero attached hydrogens (tertiary/aromatic N) is 1. The van der Waals surface area contributed by atoms with Crippen LogP contribution in [0, 0.1) is 10.6 Å². The molecule has 0 atom stereocenters. The Kier molecular flexibility index (Phi) is 4.99. The first kappa shape index (κ1) is 16.0. The van der Waals surface area contributed by atoms with E-state index < -0.39 is 11.6 Å². The molecule has 1 heterocycles. The van der Waals surface area contributed by atoms with Crippen molar-refractivity contribution in [1.29, 1.82) is 0 Å². The zero-order chi connectivity index (χ0) is 13.3. The van der Waals surface area contributed by atoms with Crippen LogP contribution in [-0.4, -0.2) is 9.97 Å². The average molecular weight is 449 g/mol. The van der Waals surface area contributed by atoms with Gasteiger partial charge in [0, 0.05) is 26.4 Å². The van der Waals surface area contributed by atoms with Crippen LogP contribution < -0.4 is 10.7 Å². The van der Waals surface area contributed by atoms with Gasteiger partial charge in [0.1, 0.15) is 10.3 Å². The van der Waals surface area contributed by atoms with Crippen LogP contribution in [0.2, 0.25) is 0 Å². The van der Waals surface area contributed by atoms with Crippen molar-refractivity contribution in [3.63, 3.8) is 0 Å². The number of aromatic nitrogens is 2. The van der Waals surface area contributed by atoms with E-state index >= 15 is 0 Å². The smallest absolute Gasteiger partial charge is 0.310 e. The van der Waals surface area contributed by atoms with Crippen LogP contribution in [0.15, 0.2) is 24.8 Å². The van der Waals surface area contributed by atoms with E-state index in [9.17, 15) is 8.78 Å². The molecule has 1 aliphatic carbocycles. The first-order valence-electron chi connectivity index (χ1n) is 5.30.